The first-order chi connectivity index (χ1) is 10.2. The molecule has 5 atom stereocenters. The third-order valence-electron chi connectivity index (χ3n) is 6.48. The molecule has 0 aliphatic heterocycles. The second-order valence-corrected chi connectivity index (χ2v) is 7.54. The van der Waals surface area contributed by atoms with Crippen LogP contribution >= 0.6 is 0 Å². The first-order valence-corrected chi connectivity index (χ1v) is 8.71. The smallest absolute Gasteiger partial charge is 0.00605 e. The average molecular weight is 278 g/mol. The molecule has 0 heteroatoms. The minimum atomic E-state index is 0.296. The summed E-state index contributed by atoms with van der Waals surface area (Å²) in [6, 6.07) is 0. The zero-order valence-electron chi connectivity index (χ0n) is 13.3. The molecule has 0 aromatic heterocycles. The molecule has 21 heavy (non-hydrogen) atoms. The van der Waals surface area contributed by atoms with E-state index in [4.69, 9.17) is 0 Å². The lowest BCUT2D eigenvalue weighted by atomic mass is 9.56. The summed E-state index contributed by atoms with van der Waals surface area (Å²) in [5.74, 6) is 3.57. The Balaban J connectivity index is 1.83. The van der Waals surface area contributed by atoms with Crippen LogP contribution in [0.4, 0.5) is 0 Å². The largest absolute Gasteiger partial charge is 0.0805 e. The molecule has 0 aromatic rings. The van der Waals surface area contributed by atoms with E-state index in [9.17, 15) is 0 Å². The standard InChI is InChI=1S/C21H26/c1-15(2)21-14-8-7-13-19(21)17-11-5-6-12-18(17)20(21)16-9-3-4-10-16/h3-6,9,11-12,15,17-20H,7-8,10,13H2,1-2H3. The van der Waals surface area contributed by atoms with Crippen molar-refractivity contribution in [1.29, 1.82) is 0 Å². The van der Waals surface area contributed by atoms with Gasteiger partial charge in [-0.25, -0.2) is 0 Å². The summed E-state index contributed by atoms with van der Waals surface area (Å²) in [7, 11) is 0. The van der Waals surface area contributed by atoms with E-state index < -0.39 is 0 Å². The minimum absolute atomic E-state index is 0.296. The predicted octanol–water partition coefficient (Wildman–Crippen LogP) is 5.38. The monoisotopic (exact) mass is 278 g/mol. The van der Waals surface area contributed by atoms with Crippen molar-refractivity contribution in [3.63, 3.8) is 0 Å². The Labute approximate surface area is 129 Å². The number of hydrogen-bond acceptors (Lipinski definition) is 0. The molecule has 0 aromatic carbocycles. The minimum Gasteiger partial charge on any atom is -0.0805 e. The van der Waals surface area contributed by atoms with Gasteiger partial charge in [-0.2, -0.15) is 0 Å². The van der Waals surface area contributed by atoms with Gasteiger partial charge in [-0.15, -0.1) is 0 Å². The molecule has 0 saturated heterocycles. The summed E-state index contributed by atoms with van der Waals surface area (Å²) in [6.45, 7) is 4.87. The van der Waals surface area contributed by atoms with Crippen molar-refractivity contribution >= 4 is 0 Å². The fraction of sp³-hybridized carbons (Fsp3) is 0.571. The van der Waals surface area contributed by atoms with Crippen LogP contribution in [0.3, 0.4) is 0 Å². The molecule has 2 radical (unpaired) electrons. The normalized spacial score (nSPS) is 44.0. The van der Waals surface area contributed by atoms with Crippen LogP contribution in [0.2, 0.25) is 0 Å². The molecule has 2 fully saturated rings. The van der Waals surface area contributed by atoms with Crippen LogP contribution in [0, 0.1) is 41.4 Å². The lowest BCUT2D eigenvalue weighted by molar-refractivity contribution is 0.0801. The summed E-state index contributed by atoms with van der Waals surface area (Å²) < 4.78 is 0. The summed E-state index contributed by atoms with van der Waals surface area (Å²) in [5.41, 5.74) is 1.96. The molecule has 0 N–H and O–H groups in total. The summed E-state index contributed by atoms with van der Waals surface area (Å²) in [6.07, 6.45) is 25.7. The lowest BCUT2D eigenvalue weighted by Gasteiger charge is -2.48. The van der Waals surface area contributed by atoms with Crippen molar-refractivity contribution in [2.75, 3.05) is 0 Å². The molecule has 0 spiro atoms. The lowest BCUT2D eigenvalue weighted by Crippen LogP contribution is -2.42. The first-order valence-electron chi connectivity index (χ1n) is 8.71. The van der Waals surface area contributed by atoms with Gasteiger partial charge in [0.1, 0.15) is 0 Å². The van der Waals surface area contributed by atoms with Crippen LogP contribution in [0.25, 0.3) is 0 Å². The van der Waals surface area contributed by atoms with E-state index in [-0.39, 0.29) is 0 Å². The van der Waals surface area contributed by atoms with E-state index in [1.165, 1.54) is 19.3 Å². The average Bonchev–Trinajstić information content (AvgIpc) is 3.10. The molecular weight excluding hydrogens is 252 g/mol. The Morgan fingerprint density at radius 2 is 1.95 bits per heavy atom. The zero-order chi connectivity index (χ0) is 14.4. The molecule has 0 bridgehead atoms. The highest BCUT2D eigenvalue weighted by atomic mass is 14.6. The van der Waals surface area contributed by atoms with Gasteiger partial charge in [-0.05, 0) is 60.7 Å². The maximum absolute atomic E-state index is 4.04. The topological polar surface area (TPSA) is 0 Å². The van der Waals surface area contributed by atoms with Gasteiger partial charge in [-0.3, -0.25) is 0 Å². The summed E-state index contributed by atoms with van der Waals surface area (Å²) >= 11 is 0. The van der Waals surface area contributed by atoms with Gasteiger partial charge in [0.15, 0.2) is 0 Å². The van der Waals surface area contributed by atoms with E-state index in [2.05, 4.69) is 62.8 Å². The molecule has 0 nitrogen and oxygen atoms in total. The SMILES string of the molecule is CC(C)C12[C]CCCC1C1C=CC=CC1C2C1=CC=CC1. The second kappa shape index (κ2) is 5.00. The van der Waals surface area contributed by atoms with E-state index >= 15 is 0 Å². The molecular formula is C21H26. The molecule has 4 aliphatic rings. The molecule has 0 heterocycles. The van der Waals surface area contributed by atoms with Crippen molar-refractivity contribution in [2.45, 2.75) is 39.5 Å². The third kappa shape index (κ3) is 1.81. The van der Waals surface area contributed by atoms with Crippen LogP contribution in [0.5, 0.6) is 0 Å². The highest BCUT2D eigenvalue weighted by Crippen LogP contribution is 2.67. The van der Waals surface area contributed by atoms with Crippen molar-refractivity contribution in [3.05, 3.63) is 54.5 Å². The van der Waals surface area contributed by atoms with Crippen molar-refractivity contribution in [1.82, 2.24) is 0 Å². The Morgan fingerprint density at radius 1 is 1.14 bits per heavy atom. The number of rotatable bonds is 2. The molecule has 4 rings (SSSR count). The molecule has 5 unspecified atom stereocenters. The first kappa shape index (κ1) is 13.6. The Hall–Kier alpha value is -1.04. The summed E-state index contributed by atoms with van der Waals surface area (Å²) in [4.78, 5) is 0. The van der Waals surface area contributed by atoms with Crippen molar-refractivity contribution in [3.8, 4) is 0 Å². The van der Waals surface area contributed by atoms with Crippen molar-refractivity contribution < 1.29 is 0 Å². The quantitative estimate of drug-likeness (QED) is 0.635. The van der Waals surface area contributed by atoms with E-state index in [0.29, 0.717) is 23.2 Å². The van der Waals surface area contributed by atoms with Gasteiger partial charge in [0, 0.05) is 0 Å². The highest BCUT2D eigenvalue weighted by Gasteiger charge is 2.61. The van der Waals surface area contributed by atoms with Gasteiger partial charge in [0.2, 0.25) is 0 Å². The maximum atomic E-state index is 4.04. The van der Waals surface area contributed by atoms with Crippen LogP contribution in [0.15, 0.2) is 48.1 Å². The molecule has 4 aliphatic carbocycles. The Morgan fingerprint density at radius 3 is 2.67 bits per heavy atom. The zero-order valence-corrected chi connectivity index (χ0v) is 13.3. The Kier molecular flexibility index (Phi) is 3.24. The van der Waals surface area contributed by atoms with Crippen LogP contribution in [-0.2, 0) is 0 Å². The molecule has 2 saturated carbocycles. The number of fused-ring (bicyclic) bond motifs is 3. The van der Waals surface area contributed by atoms with E-state index in [1.54, 1.807) is 5.57 Å². The fourth-order valence-corrected chi connectivity index (χ4v) is 5.78. The second-order valence-electron chi connectivity index (χ2n) is 7.54. The molecule has 110 valence electrons. The van der Waals surface area contributed by atoms with Gasteiger partial charge < -0.3 is 0 Å². The van der Waals surface area contributed by atoms with Crippen LogP contribution < -0.4 is 0 Å². The fourth-order valence-electron chi connectivity index (χ4n) is 5.78. The van der Waals surface area contributed by atoms with Gasteiger partial charge in [0.25, 0.3) is 0 Å². The van der Waals surface area contributed by atoms with Gasteiger partial charge in [0.05, 0.1) is 0 Å². The number of allylic oxidation sites excluding steroid dienone is 8. The summed E-state index contributed by atoms with van der Waals surface area (Å²) in [5, 5.41) is 0. The van der Waals surface area contributed by atoms with Crippen LogP contribution in [-0.4, -0.2) is 0 Å². The predicted molar refractivity (Wildman–Crippen MR) is 88.4 cm³/mol. The van der Waals surface area contributed by atoms with Gasteiger partial charge >= 0.3 is 0 Å². The van der Waals surface area contributed by atoms with Gasteiger partial charge in [-0.1, -0.05) is 68.4 Å². The van der Waals surface area contributed by atoms with E-state index in [1.807, 2.05) is 0 Å². The highest BCUT2D eigenvalue weighted by molar-refractivity contribution is 5.36. The maximum Gasteiger partial charge on any atom is -0.00605 e. The van der Waals surface area contributed by atoms with Crippen LogP contribution in [0.1, 0.15) is 39.5 Å². The molecule has 0 amide bonds. The Bertz CT molecular complexity index is 530. The van der Waals surface area contributed by atoms with Crippen molar-refractivity contribution in [2.24, 2.45) is 35.0 Å². The third-order valence-corrected chi connectivity index (χ3v) is 6.48. The number of hydrogen-bond donors (Lipinski definition) is 0. The van der Waals surface area contributed by atoms with E-state index in [0.717, 1.165) is 18.3 Å².